The molecule has 0 aliphatic rings. The minimum Gasteiger partial charge on any atom is -0.481 e. The van der Waals surface area contributed by atoms with Gasteiger partial charge in [0.2, 0.25) is 5.91 Å². The van der Waals surface area contributed by atoms with Crippen LogP contribution in [0, 0.1) is 5.92 Å². The van der Waals surface area contributed by atoms with Crippen LogP contribution in [-0.4, -0.2) is 41.0 Å². The summed E-state index contributed by atoms with van der Waals surface area (Å²) in [5.41, 5.74) is 0. The molecule has 0 saturated carbocycles. The highest BCUT2D eigenvalue weighted by atomic mass is 16.4. The lowest BCUT2D eigenvalue weighted by molar-refractivity contribution is -0.138. The number of rotatable bonds is 6. The van der Waals surface area contributed by atoms with E-state index < -0.39 is 17.9 Å². The highest BCUT2D eigenvalue weighted by molar-refractivity contribution is 5.95. The summed E-state index contributed by atoms with van der Waals surface area (Å²) >= 11 is 0. The van der Waals surface area contributed by atoms with E-state index >= 15 is 0 Å². The molecule has 0 rings (SSSR count). The maximum Gasteiger partial charge on any atom is 0.324 e. The SMILES string of the molecule is CCN(CC(C)C)C(=O)NC(=O)CCC(=O)O. The van der Waals surface area contributed by atoms with Gasteiger partial charge in [0, 0.05) is 19.5 Å². The Hall–Kier alpha value is -1.59. The summed E-state index contributed by atoms with van der Waals surface area (Å²) in [7, 11) is 0. The number of hydrogen-bond acceptors (Lipinski definition) is 3. The summed E-state index contributed by atoms with van der Waals surface area (Å²) in [4.78, 5) is 34.6. The topological polar surface area (TPSA) is 86.7 Å². The first-order valence-electron chi connectivity index (χ1n) is 5.67. The van der Waals surface area contributed by atoms with Crippen molar-refractivity contribution in [3.05, 3.63) is 0 Å². The second-order valence-electron chi connectivity index (χ2n) is 4.18. The number of urea groups is 1. The van der Waals surface area contributed by atoms with E-state index in [-0.39, 0.29) is 12.8 Å². The first kappa shape index (κ1) is 15.4. The van der Waals surface area contributed by atoms with Gasteiger partial charge in [-0.15, -0.1) is 0 Å². The van der Waals surface area contributed by atoms with Gasteiger partial charge in [0.1, 0.15) is 0 Å². The molecular formula is C11H20N2O4. The predicted octanol–water partition coefficient (Wildman–Crippen LogP) is 1.07. The normalized spacial score (nSPS) is 10.1. The molecule has 0 fully saturated rings. The number of carbonyl (C=O) groups excluding carboxylic acids is 2. The number of carboxylic acid groups (broad SMARTS) is 1. The van der Waals surface area contributed by atoms with Crippen LogP contribution in [-0.2, 0) is 9.59 Å². The summed E-state index contributed by atoms with van der Waals surface area (Å²) in [5, 5.41) is 10.6. The van der Waals surface area contributed by atoms with Crippen LogP contribution in [0.1, 0.15) is 33.6 Å². The third-order valence-corrected chi connectivity index (χ3v) is 2.07. The van der Waals surface area contributed by atoms with Gasteiger partial charge in [-0.05, 0) is 12.8 Å². The van der Waals surface area contributed by atoms with E-state index in [0.717, 1.165) is 0 Å². The Balaban J connectivity index is 4.12. The molecule has 0 unspecified atom stereocenters. The Labute approximate surface area is 101 Å². The van der Waals surface area contributed by atoms with Crippen molar-refractivity contribution in [3.63, 3.8) is 0 Å². The first-order chi connectivity index (χ1) is 7.86. The van der Waals surface area contributed by atoms with Gasteiger partial charge in [-0.1, -0.05) is 13.8 Å². The van der Waals surface area contributed by atoms with Crippen LogP contribution in [0.25, 0.3) is 0 Å². The number of aliphatic carboxylic acids is 1. The van der Waals surface area contributed by atoms with Gasteiger partial charge >= 0.3 is 12.0 Å². The molecule has 0 aliphatic carbocycles. The van der Waals surface area contributed by atoms with E-state index in [1.807, 2.05) is 20.8 Å². The molecule has 6 heteroatoms. The third kappa shape index (κ3) is 7.32. The van der Waals surface area contributed by atoms with Gasteiger partial charge in [0.15, 0.2) is 0 Å². The molecule has 2 N–H and O–H groups in total. The smallest absolute Gasteiger partial charge is 0.324 e. The summed E-state index contributed by atoms with van der Waals surface area (Å²) in [6.45, 7) is 6.85. The molecule has 0 radical (unpaired) electrons. The summed E-state index contributed by atoms with van der Waals surface area (Å²) in [6, 6.07) is -0.461. The van der Waals surface area contributed by atoms with Crippen molar-refractivity contribution >= 4 is 17.9 Å². The number of amides is 3. The fourth-order valence-electron chi connectivity index (χ4n) is 1.28. The van der Waals surface area contributed by atoms with Crippen LogP contribution in [0.5, 0.6) is 0 Å². The maximum atomic E-state index is 11.6. The van der Waals surface area contributed by atoms with Gasteiger partial charge < -0.3 is 10.0 Å². The Morgan fingerprint density at radius 2 is 1.82 bits per heavy atom. The average Bonchev–Trinajstić information content (AvgIpc) is 2.22. The molecule has 0 aromatic heterocycles. The average molecular weight is 244 g/mol. The minimum absolute atomic E-state index is 0.180. The maximum absolute atomic E-state index is 11.6. The molecule has 3 amide bonds. The van der Waals surface area contributed by atoms with Crippen LogP contribution < -0.4 is 5.32 Å². The van der Waals surface area contributed by atoms with Crippen molar-refractivity contribution in [2.24, 2.45) is 5.92 Å². The zero-order chi connectivity index (χ0) is 13.4. The van der Waals surface area contributed by atoms with Crippen molar-refractivity contribution in [2.45, 2.75) is 33.6 Å². The van der Waals surface area contributed by atoms with Gasteiger partial charge in [-0.2, -0.15) is 0 Å². The van der Waals surface area contributed by atoms with Crippen LogP contribution in [0.15, 0.2) is 0 Å². The number of nitrogens with one attached hydrogen (secondary N) is 1. The second-order valence-corrected chi connectivity index (χ2v) is 4.18. The monoisotopic (exact) mass is 244 g/mol. The Kier molecular flexibility index (Phi) is 6.93. The summed E-state index contributed by atoms with van der Waals surface area (Å²) in [5.74, 6) is -1.29. The zero-order valence-corrected chi connectivity index (χ0v) is 10.5. The van der Waals surface area contributed by atoms with E-state index in [1.165, 1.54) is 4.90 Å². The van der Waals surface area contributed by atoms with Crippen LogP contribution in [0.3, 0.4) is 0 Å². The fraction of sp³-hybridized carbons (Fsp3) is 0.727. The first-order valence-corrected chi connectivity index (χ1v) is 5.67. The number of imide groups is 1. The van der Waals surface area contributed by atoms with Gasteiger partial charge in [0.25, 0.3) is 0 Å². The second kappa shape index (κ2) is 7.65. The molecule has 0 aromatic rings. The predicted molar refractivity (Wildman–Crippen MR) is 62.5 cm³/mol. The molecule has 0 atom stereocenters. The van der Waals surface area contributed by atoms with Crippen molar-refractivity contribution in [1.29, 1.82) is 0 Å². The lowest BCUT2D eigenvalue weighted by atomic mass is 10.2. The largest absolute Gasteiger partial charge is 0.481 e. The van der Waals surface area contributed by atoms with Gasteiger partial charge in [-0.3, -0.25) is 14.9 Å². The van der Waals surface area contributed by atoms with Crippen molar-refractivity contribution in [1.82, 2.24) is 10.2 Å². The third-order valence-electron chi connectivity index (χ3n) is 2.07. The zero-order valence-electron chi connectivity index (χ0n) is 10.5. The molecule has 0 heterocycles. The summed E-state index contributed by atoms with van der Waals surface area (Å²) in [6.07, 6.45) is -0.449. The highest BCUT2D eigenvalue weighted by Gasteiger charge is 2.16. The van der Waals surface area contributed by atoms with Gasteiger partial charge in [0.05, 0.1) is 6.42 Å². The molecule has 0 spiro atoms. The number of hydrogen-bond donors (Lipinski definition) is 2. The molecule has 17 heavy (non-hydrogen) atoms. The number of nitrogens with zero attached hydrogens (tertiary/aromatic N) is 1. The summed E-state index contributed by atoms with van der Waals surface area (Å²) < 4.78 is 0. The standard InChI is InChI=1S/C11H20N2O4/c1-4-13(7-8(2)3)11(17)12-9(14)5-6-10(15)16/h8H,4-7H2,1-3H3,(H,15,16)(H,12,14,17). The molecule has 0 bridgehead atoms. The number of carboxylic acids is 1. The van der Waals surface area contributed by atoms with Crippen molar-refractivity contribution < 1.29 is 19.5 Å². The molecule has 98 valence electrons. The molecule has 0 aromatic carbocycles. The van der Waals surface area contributed by atoms with E-state index in [4.69, 9.17) is 5.11 Å². The van der Waals surface area contributed by atoms with E-state index in [2.05, 4.69) is 5.32 Å². The van der Waals surface area contributed by atoms with E-state index in [9.17, 15) is 14.4 Å². The number of carbonyl (C=O) groups is 3. The van der Waals surface area contributed by atoms with Gasteiger partial charge in [-0.25, -0.2) is 4.79 Å². The quantitative estimate of drug-likeness (QED) is 0.731. The van der Waals surface area contributed by atoms with E-state index in [1.54, 1.807) is 0 Å². The molecular weight excluding hydrogens is 224 g/mol. The molecule has 0 saturated heterocycles. The lowest BCUT2D eigenvalue weighted by Crippen LogP contribution is -2.44. The van der Waals surface area contributed by atoms with Crippen molar-refractivity contribution in [2.75, 3.05) is 13.1 Å². The lowest BCUT2D eigenvalue weighted by Gasteiger charge is -2.22. The van der Waals surface area contributed by atoms with Crippen molar-refractivity contribution in [3.8, 4) is 0 Å². The Morgan fingerprint density at radius 3 is 2.24 bits per heavy atom. The Bertz CT molecular complexity index is 289. The molecule has 6 nitrogen and oxygen atoms in total. The molecule has 0 aliphatic heterocycles. The highest BCUT2D eigenvalue weighted by Crippen LogP contribution is 1.99. The minimum atomic E-state index is -1.05. The van der Waals surface area contributed by atoms with Crippen LogP contribution in [0.4, 0.5) is 4.79 Å². The Morgan fingerprint density at radius 1 is 1.24 bits per heavy atom. The van der Waals surface area contributed by atoms with Crippen LogP contribution in [0.2, 0.25) is 0 Å². The van der Waals surface area contributed by atoms with E-state index in [0.29, 0.717) is 19.0 Å². The van der Waals surface area contributed by atoms with Crippen LogP contribution >= 0.6 is 0 Å². The fourth-order valence-corrected chi connectivity index (χ4v) is 1.28.